The molecular formula is C12H12N2O3. The number of rotatable bonds is 1. The number of aromatic hydroxyl groups is 1. The first kappa shape index (κ1) is 11.2. The summed E-state index contributed by atoms with van der Waals surface area (Å²) in [7, 11) is 0. The van der Waals surface area contributed by atoms with Crippen molar-refractivity contribution >= 4 is 18.0 Å². The number of urea groups is 1. The number of carbonyl (C=O) groups excluding carboxylic acids is 2. The molecule has 5 heteroatoms. The molecule has 0 aromatic heterocycles. The molecule has 0 spiro atoms. The van der Waals surface area contributed by atoms with Crippen LogP contribution in [0.3, 0.4) is 0 Å². The van der Waals surface area contributed by atoms with Gasteiger partial charge in [-0.3, -0.25) is 10.1 Å². The number of phenolic OH excluding ortho intramolecular Hbond substituents is 1. The molecule has 88 valence electrons. The molecule has 17 heavy (non-hydrogen) atoms. The third-order valence-electron chi connectivity index (χ3n) is 2.59. The van der Waals surface area contributed by atoms with Gasteiger partial charge in [-0.2, -0.15) is 0 Å². The summed E-state index contributed by atoms with van der Waals surface area (Å²) in [6, 6.07) is 2.69. The second kappa shape index (κ2) is 3.93. The minimum absolute atomic E-state index is 0.182. The van der Waals surface area contributed by atoms with Gasteiger partial charge in [0.05, 0.1) is 0 Å². The Kier molecular flexibility index (Phi) is 2.59. The van der Waals surface area contributed by atoms with Crippen LogP contribution in [-0.4, -0.2) is 17.0 Å². The minimum atomic E-state index is -0.518. The molecule has 1 aromatic carbocycles. The first-order valence-corrected chi connectivity index (χ1v) is 5.11. The third kappa shape index (κ3) is 2.13. The molecule has 1 aromatic rings. The van der Waals surface area contributed by atoms with Crippen LogP contribution in [0.1, 0.15) is 16.7 Å². The van der Waals surface area contributed by atoms with E-state index in [-0.39, 0.29) is 11.4 Å². The predicted molar refractivity (Wildman–Crippen MR) is 62.2 cm³/mol. The zero-order valence-corrected chi connectivity index (χ0v) is 9.50. The molecule has 1 saturated heterocycles. The molecule has 5 nitrogen and oxygen atoms in total. The molecule has 1 aliphatic heterocycles. The van der Waals surface area contributed by atoms with Gasteiger partial charge in [0.1, 0.15) is 11.4 Å². The smallest absolute Gasteiger partial charge is 0.326 e. The van der Waals surface area contributed by atoms with Crippen LogP contribution < -0.4 is 10.6 Å². The molecule has 0 saturated carbocycles. The number of nitrogens with one attached hydrogen (secondary N) is 2. The van der Waals surface area contributed by atoms with Gasteiger partial charge >= 0.3 is 6.03 Å². The van der Waals surface area contributed by atoms with Crippen molar-refractivity contribution < 1.29 is 14.7 Å². The van der Waals surface area contributed by atoms with Crippen molar-refractivity contribution in [3.63, 3.8) is 0 Å². The molecule has 0 unspecified atom stereocenters. The van der Waals surface area contributed by atoms with Crippen LogP contribution in [0.25, 0.3) is 6.08 Å². The van der Waals surface area contributed by atoms with E-state index in [0.29, 0.717) is 0 Å². The Morgan fingerprint density at radius 2 is 1.71 bits per heavy atom. The summed E-state index contributed by atoms with van der Waals surface area (Å²) in [5.41, 5.74) is 2.70. The van der Waals surface area contributed by atoms with E-state index < -0.39 is 11.9 Å². The number of hydrogen-bond acceptors (Lipinski definition) is 3. The normalized spacial score (nSPS) is 17.2. The molecule has 0 radical (unpaired) electrons. The van der Waals surface area contributed by atoms with Gasteiger partial charge in [-0.15, -0.1) is 0 Å². The predicted octanol–water partition coefficient (Wildman–Crippen LogP) is 1.19. The van der Waals surface area contributed by atoms with E-state index in [1.165, 1.54) is 0 Å². The second-order valence-electron chi connectivity index (χ2n) is 3.96. The van der Waals surface area contributed by atoms with Crippen molar-refractivity contribution in [2.24, 2.45) is 0 Å². The maximum absolute atomic E-state index is 11.4. The van der Waals surface area contributed by atoms with Gasteiger partial charge in [0.2, 0.25) is 0 Å². The summed E-state index contributed by atoms with van der Waals surface area (Å²) in [6.07, 6.45) is 1.60. The van der Waals surface area contributed by atoms with Gasteiger partial charge in [-0.05, 0) is 48.7 Å². The van der Waals surface area contributed by atoms with E-state index in [0.717, 1.165) is 16.7 Å². The van der Waals surface area contributed by atoms with Crippen molar-refractivity contribution in [1.29, 1.82) is 0 Å². The number of carbonyl (C=O) groups is 2. The Balaban J connectivity index is 2.46. The highest BCUT2D eigenvalue weighted by molar-refractivity contribution is 6.14. The summed E-state index contributed by atoms with van der Waals surface area (Å²) < 4.78 is 0. The largest absolute Gasteiger partial charge is 0.508 e. The molecule has 0 aliphatic carbocycles. The van der Waals surface area contributed by atoms with E-state index in [2.05, 4.69) is 10.6 Å². The lowest BCUT2D eigenvalue weighted by molar-refractivity contribution is -0.115. The Morgan fingerprint density at radius 3 is 2.18 bits per heavy atom. The molecular weight excluding hydrogens is 220 g/mol. The second-order valence-corrected chi connectivity index (χ2v) is 3.96. The molecule has 1 heterocycles. The third-order valence-corrected chi connectivity index (χ3v) is 2.59. The number of hydrogen-bond donors (Lipinski definition) is 3. The Bertz CT molecular complexity index is 524. The van der Waals surface area contributed by atoms with Crippen LogP contribution in [0.5, 0.6) is 5.75 Å². The highest BCUT2D eigenvalue weighted by Gasteiger charge is 2.23. The maximum atomic E-state index is 11.4. The Hall–Kier alpha value is -2.30. The van der Waals surface area contributed by atoms with Crippen molar-refractivity contribution in [3.05, 3.63) is 34.5 Å². The van der Waals surface area contributed by atoms with Crippen molar-refractivity contribution in [2.45, 2.75) is 13.8 Å². The van der Waals surface area contributed by atoms with Crippen LogP contribution in [0.15, 0.2) is 17.8 Å². The highest BCUT2D eigenvalue weighted by atomic mass is 16.3. The van der Waals surface area contributed by atoms with Crippen molar-refractivity contribution in [1.82, 2.24) is 10.6 Å². The first-order chi connectivity index (χ1) is 7.97. The number of phenols is 1. The quantitative estimate of drug-likeness (QED) is 0.502. The maximum Gasteiger partial charge on any atom is 0.326 e. The Morgan fingerprint density at radius 1 is 1.12 bits per heavy atom. The van der Waals surface area contributed by atoms with E-state index in [9.17, 15) is 14.7 Å². The molecule has 0 bridgehead atoms. The highest BCUT2D eigenvalue weighted by Crippen LogP contribution is 2.23. The van der Waals surface area contributed by atoms with Crippen molar-refractivity contribution in [3.8, 4) is 5.75 Å². The minimum Gasteiger partial charge on any atom is -0.508 e. The zero-order chi connectivity index (χ0) is 12.6. The van der Waals surface area contributed by atoms with Gasteiger partial charge in [-0.1, -0.05) is 0 Å². The topological polar surface area (TPSA) is 78.4 Å². The first-order valence-electron chi connectivity index (χ1n) is 5.11. The molecule has 3 N–H and O–H groups in total. The molecule has 1 fully saturated rings. The monoisotopic (exact) mass is 232 g/mol. The lowest BCUT2D eigenvalue weighted by Gasteiger charge is -2.06. The van der Waals surface area contributed by atoms with E-state index >= 15 is 0 Å². The van der Waals surface area contributed by atoms with E-state index in [1.54, 1.807) is 18.2 Å². The van der Waals surface area contributed by atoms with Crippen LogP contribution in [0.4, 0.5) is 4.79 Å². The SMILES string of the molecule is Cc1cc(O)cc(C)c1C=C1NC(=O)NC1=O. The lowest BCUT2D eigenvalue weighted by Crippen LogP contribution is -2.22. The lowest BCUT2D eigenvalue weighted by atomic mass is 10.0. The van der Waals surface area contributed by atoms with Gasteiger partial charge in [0.15, 0.2) is 0 Å². The van der Waals surface area contributed by atoms with E-state index in [1.807, 2.05) is 13.8 Å². The average Bonchev–Trinajstić information content (AvgIpc) is 2.51. The summed E-state index contributed by atoms with van der Waals surface area (Å²) in [6.45, 7) is 3.65. The number of amides is 3. The molecule has 2 rings (SSSR count). The number of benzene rings is 1. The standard InChI is InChI=1S/C12H12N2O3/c1-6-3-8(15)4-7(2)9(6)5-10-11(16)14-12(17)13-10/h3-5,15H,1-2H3,(H2,13,14,16,17). The summed E-state index contributed by atoms with van der Waals surface area (Å²) >= 11 is 0. The molecule has 0 atom stereocenters. The van der Waals surface area contributed by atoms with Gasteiger partial charge in [0, 0.05) is 0 Å². The van der Waals surface area contributed by atoms with Crippen LogP contribution in [0, 0.1) is 13.8 Å². The van der Waals surface area contributed by atoms with Crippen LogP contribution in [0.2, 0.25) is 0 Å². The average molecular weight is 232 g/mol. The fraction of sp³-hybridized carbons (Fsp3) is 0.167. The van der Waals surface area contributed by atoms with Crippen molar-refractivity contribution in [2.75, 3.05) is 0 Å². The van der Waals surface area contributed by atoms with Gasteiger partial charge in [-0.25, -0.2) is 4.79 Å². The fourth-order valence-electron chi connectivity index (χ4n) is 1.81. The van der Waals surface area contributed by atoms with E-state index in [4.69, 9.17) is 0 Å². The number of imide groups is 1. The zero-order valence-electron chi connectivity index (χ0n) is 9.50. The summed E-state index contributed by atoms with van der Waals surface area (Å²) in [5, 5.41) is 14.0. The molecule has 1 aliphatic rings. The number of aryl methyl sites for hydroxylation is 2. The fourth-order valence-corrected chi connectivity index (χ4v) is 1.81. The summed E-state index contributed by atoms with van der Waals surface area (Å²) in [4.78, 5) is 22.3. The molecule has 3 amide bonds. The van der Waals surface area contributed by atoms with Gasteiger partial charge in [0.25, 0.3) is 5.91 Å². The van der Waals surface area contributed by atoms with Crippen LogP contribution in [-0.2, 0) is 4.79 Å². The van der Waals surface area contributed by atoms with Gasteiger partial charge < -0.3 is 10.4 Å². The Labute approximate surface area is 98.1 Å². The summed E-state index contributed by atoms with van der Waals surface area (Å²) in [5.74, 6) is -0.260. The van der Waals surface area contributed by atoms with Crippen LogP contribution >= 0.6 is 0 Å².